The predicted molar refractivity (Wildman–Crippen MR) is 53.9 cm³/mol. The molecule has 14 heavy (non-hydrogen) atoms. The molecule has 0 aromatic carbocycles. The van der Waals surface area contributed by atoms with E-state index in [1.807, 2.05) is 6.92 Å². The van der Waals surface area contributed by atoms with Gasteiger partial charge in [-0.3, -0.25) is 9.69 Å². The van der Waals surface area contributed by atoms with Crippen LogP contribution in [-0.2, 0) is 9.53 Å². The Hall–Kier alpha value is -0.570. The van der Waals surface area contributed by atoms with E-state index in [0.29, 0.717) is 13.2 Å². The summed E-state index contributed by atoms with van der Waals surface area (Å²) >= 11 is 0. The molecule has 2 atom stereocenters. The van der Waals surface area contributed by atoms with Gasteiger partial charge in [0.2, 0.25) is 0 Å². The second-order valence-corrected chi connectivity index (χ2v) is 4.45. The van der Waals surface area contributed by atoms with E-state index in [1.165, 1.54) is 19.3 Å². The molecule has 2 rings (SSSR count). The number of esters is 1. The molecule has 0 radical (unpaired) electrons. The second-order valence-electron chi connectivity index (χ2n) is 4.45. The van der Waals surface area contributed by atoms with E-state index in [4.69, 9.17) is 4.74 Å². The summed E-state index contributed by atoms with van der Waals surface area (Å²) in [6.07, 6.45) is 4.12. The Bertz CT molecular complexity index is 205. The maximum atomic E-state index is 11.3. The molecule has 0 amide bonds. The molecule has 1 saturated carbocycles. The van der Waals surface area contributed by atoms with Crippen LogP contribution in [0.4, 0.5) is 0 Å². The lowest BCUT2D eigenvalue weighted by Crippen LogP contribution is -2.29. The molecule has 1 heterocycles. The highest BCUT2D eigenvalue weighted by Gasteiger charge is 2.36. The number of fused-ring (bicyclic) bond motifs is 1. The van der Waals surface area contributed by atoms with E-state index >= 15 is 0 Å². The summed E-state index contributed by atoms with van der Waals surface area (Å²) in [5.41, 5.74) is 0. The van der Waals surface area contributed by atoms with Gasteiger partial charge >= 0.3 is 5.97 Å². The van der Waals surface area contributed by atoms with Crippen LogP contribution in [0.15, 0.2) is 0 Å². The maximum Gasteiger partial charge on any atom is 0.320 e. The smallest absolute Gasteiger partial charge is 0.320 e. The Kier molecular flexibility index (Phi) is 3.06. The Morgan fingerprint density at radius 1 is 1.36 bits per heavy atom. The summed E-state index contributed by atoms with van der Waals surface area (Å²) in [6.45, 7) is 5.09. The third kappa shape index (κ3) is 2.08. The van der Waals surface area contributed by atoms with Crippen LogP contribution in [-0.4, -0.2) is 37.1 Å². The monoisotopic (exact) mass is 197 g/mol. The Labute approximate surface area is 85.4 Å². The average molecular weight is 197 g/mol. The van der Waals surface area contributed by atoms with Crippen molar-refractivity contribution in [2.45, 2.75) is 26.2 Å². The van der Waals surface area contributed by atoms with E-state index in [1.54, 1.807) is 0 Å². The van der Waals surface area contributed by atoms with Crippen molar-refractivity contribution in [3.8, 4) is 0 Å². The number of rotatable bonds is 3. The van der Waals surface area contributed by atoms with Crippen molar-refractivity contribution < 1.29 is 9.53 Å². The molecule has 3 heteroatoms. The van der Waals surface area contributed by atoms with Crippen molar-refractivity contribution >= 4 is 5.97 Å². The first-order valence-electron chi connectivity index (χ1n) is 5.67. The summed E-state index contributed by atoms with van der Waals surface area (Å²) in [5.74, 6) is 1.67. The molecule has 0 bridgehead atoms. The van der Waals surface area contributed by atoms with Gasteiger partial charge in [-0.25, -0.2) is 0 Å². The van der Waals surface area contributed by atoms with Gasteiger partial charge < -0.3 is 4.74 Å². The summed E-state index contributed by atoms with van der Waals surface area (Å²) in [6, 6.07) is 0. The quantitative estimate of drug-likeness (QED) is 0.638. The van der Waals surface area contributed by atoms with Gasteiger partial charge in [0, 0.05) is 13.1 Å². The van der Waals surface area contributed by atoms with E-state index < -0.39 is 0 Å². The molecule has 1 aliphatic heterocycles. The van der Waals surface area contributed by atoms with Gasteiger partial charge in [-0.05, 0) is 31.6 Å². The van der Waals surface area contributed by atoms with E-state index in [-0.39, 0.29) is 5.97 Å². The summed E-state index contributed by atoms with van der Waals surface area (Å²) in [7, 11) is 0. The Balaban J connectivity index is 1.76. The summed E-state index contributed by atoms with van der Waals surface area (Å²) in [4.78, 5) is 13.5. The van der Waals surface area contributed by atoms with Gasteiger partial charge in [0.25, 0.3) is 0 Å². The van der Waals surface area contributed by atoms with Crippen LogP contribution < -0.4 is 0 Å². The first-order chi connectivity index (χ1) is 6.79. The highest BCUT2D eigenvalue weighted by Crippen LogP contribution is 2.37. The van der Waals surface area contributed by atoms with Crippen molar-refractivity contribution in [1.29, 1.82) is 0 Å². The van der Waals surface area contributed by atoms with Crippen LogP contribution in [0, 0.1) is 11.8 Å². The lowest BCUT2D eigenvalue weighted by Gasteiger charge is -2.14. The van der Waals surface area contributed by atoms with Crippen LogP contribution in [0.1, 0.15) is 26.2 Å². The molecule has 0 aromatic rings. The van der Waals surface area contributed by atoms with Crippen LogP contribution >= 0.6 is 0 Å². The molecule has 0 unspecified atom stereocenters. The van der Waals surface area contributed by atoms with Crippen LogP contribution in [0.3, 0.4) is 0 Å². The highest BCUT2D eigenvalue weighted by atomic mass is 16.5. The lowest BCUT2D eigenvalue weighted by molar-refractivity contribution is -0.144. The molecule has 0 N–H and O–H groups in total. The third-order valence-electron chi connectivity index (χ3n) is 3.46. The average Bonchev–Trinajstić information content (AvgIpc) is 2.63. The number of carbonyl (C=O) groups excluding carboxylic acids is 1. The van der Waals surface area contributed by atoms with Gasteiger partial charge in [0.15, 0.2) is 0 Å². The number of carbonyl (C=O) groups is 1. The zero-order valence-electron chi connectivity index (χ0n) is 8.87. The topological polar surface area (TPSA) is 29.5 Å². The number of likely N-dealkylation sites (tertiary alicyclic amines) is 1. The van der Waals surface area contributed by atoms with Crippen molar-refractivity contribution in [2.24, 2.45) is 11.8 Å². The van der Waals surface area contributed by atoms with Crippen LogP contribution in [0.2, 0.25) is 0 Å². The minimum absolute atomic E-state index is 0.0625. The van der Waals surface area contributed by atoms with Gasteiger partial charge in [-0.1, -0.05) is 6.42 Å². The zero-order chi connectivity index (χ0) is 9.97. The molecule has 80 valence electrons. The number of ether oxygens (including phenoxy) is 1. The van der Waals surface area contributed by atoms with Gasteiger partial charge in [-0.15, -0.1) is 0 Å². The fourth-order valence-electron chi connectivity index (χ4n) is 2.85. The minimum atomic E-state index is -0.0625. The Morgan fingerprint density at radius 2 is 2.00 bits per heavy atom. The maximum absolute atomic E-state index is 11.3. The van der Waals surface area contributed by atoms with E-state index in [9.17, 15) is 4.79 Å². The minimum Gasteiger partial charge on any atom is -0.465 e. The molecule has 1 saturated heterocycles. The summed E-state index contributed by atoms with van der Waals surface area (Å²) < 4.78 is 4.95. The molecule has 1 aliphatic carbocycles. The summed E-state index contributed by atoms with van der Waals surface area (Å²) in [5, 5.41) is 0. The second kappa shape index (κ2) is 4.30. The fraction of sp³-hybridized carbons (Fsp3) is 0.909. The van der Waals surface area contributed by atoms with Crippen molar-refractivity contribution in [3.63, 3.8) is 0 Å². The largest absolute Gasteiger partial charge is 0.465 e. The standard InChI is InChI=1S/C11H19NO2/c1-2-14-11(13)8-12-6-9-4-3-5-10(9)7-12/h9-10H,2-8H2,1H3/t9-,10+. The highest BCUT2D eigenvalue weighted by molar-refractivity contribution is 5.71. The Morgan fingerprint density at radius 3 is 2.57 bits per heavy atom. The molecule has 2 aliphatic rings. The van der Waals surface area contributed by atoms with Gasteiger partial charge in [0.1, 0.15) is 0 Å². The first-order valence-corrected chi connectivity index (χ1v) is 5.67. The first kappa shape index (κ1) is 9.97. The molecule has 3 nitrogen and oxygen atoms in total. The SMILES string of the molecule is CCOC(=O)CN1C[C@H]2CCC[C@H]2C1. The molecule has 0 spiro atoms. The molecule has 2 fully saturated rings. The van der Waals surface area contributed by atoms with Crippen molar-refractivity contribution in [3.05, 3.63) is 0 Å². The van der Waals surface area contributed by atoms with Gasteiger partial charge in [0.05, 0.1) is 13.2 Å². The van der Waals surface area contributed by atoms with Crippen LogP contribution in [0.25, 0.3) is 0 Å². The predicted octanol–water partition coefficient (Wildman–Crippen LogP) is 1.28. The van der Waals surface area contributed by atoms with E-state index in [0.717, 1.165) is 24.9 Å². The van der Waals surface area contributed by atoms with Crippen LogP contribution in [0.5, 0.6) is 0 Å². The van der Waals surface area contributed by atoms with E-state index in [2.05, 4.69) is 4.90 Å². The normalized spacial score (nSPS) is 31.8. The number of nitrogens with zero attached hydrogens (tertiary/aromatic N) is 1. The number of hydrogen-bond acceptors (Lipinski definition) is 3. The third-order valence-corrected chi connectivity index (χ3v) is 3.46. The molecule has 0 aromatic heterocycles. The molecular weight excluding hydrogens is 178 g/mol. The fourth-order valence-corrected chi connectivity index (χ4v) is 2.85. The number of hydrogen-bond donors (Lipinski definition) is 0. The van der Waals surface area contributed by atoms with Gasteiger partial charge in [-0.2, -0.15) is 0 Å². The lowest BCUT2D eigenvalue weighted by atomic mass is 10.0. The van der Waals surface area contributed by atoms with Crippen molar-refractivity contribution in [1.82, 2.24) is 4.90 Å². The molecular formula is C11H19NO2. The zero-order valence-corrected chi connectivity index (χ0v) is 8.87. The van der Waals surface area contributed by atoms with Crippen molar-refractivity contribution in [2.75, 3.05) is 26.2 Å².